The van der Waals surface area contributed by atoms with E-state index in [0.717, 1.165) is 101 Å². The minimum Gasteiger partial charge on any atom is -0.310 e. The van der Waals surface area contributed by atoms with Gasteiger partial charge < -0.3 is 9.80 Å². The van der Waals surface area contributed by atoms with E-state index in [-0.39, 0.29) is 12.1 Å². The van der Waals surface area contributed by atoms with Crippen molar-refractivity contribution in [3.05, 3.63) is 277 Å². The van der Waals surface area contributed by atoms with Crippen LogP contribution in [0.4, 0.5) is 39.8 Å². The Kier molecular flexibility index (Phi) is 11.6. The molecule has 2 heterocycles. The van der Waals surface area contributed by atoms with Crippen molar-refractivity contribution in [3.63, 3.8) is 0 Å². The van der Waals surface area contributed by atoms with Gasteiger partial charge in [0.1, 0.15) is 0 Å². The fourth-order valence-electron chi connectivity index (χ4n) is 11.8. The Morgan fingerprint density at radius 1 is 0.390 bits per heavy atom. The number of nitriles is 1. The van der Waals surface area contributed by atoms with Crippen molar-refractivity contribution in [2.75, 3.05) is 9.80 Å². The van der Waals surface area contributed by atoms with Crippen molar-refractivity contribution in [3.8, 4) is 72.8 Å². The first kappa shape index (κ1) is 46.8. The van der Waals surface area contributed by atoms with Gasteiger partial charge in [-0.25, -0.2) is 4.85 Å². The number of hydrogen-bond donors (Lipinski definition) is 0. The van der Waals surface area contributed by atoms with Crippen LogP contribution in [0.2, 0.25) is 0 Å². The summed E-state index contributed by atoms with van der Waals surface area (Å²) in [5.41, 5.74) is 25.2. The zero-order valence-corrected chi connectivity index (χ0v) is 43.1. The molecule has 0 aromatic heterocycles. The van der Waals surface area contributed by atoms with Gasteiger partial charge in [-0.1, -0.05) is 233 Å². The summed E-state index contributed by atoms with van der Waals surface area (Å²) in [6, 6.07) is 93.9. The number of hydrogen-bond acceptors (Lipinski definition) is 3. The van der Waals surface area contributed by atoms with E-state index in [2.05, 4.69) is 260 Å². The third kappa shape index (κ3) is 8.18. The third-order valence-corrected chi connectivity index (χ3v) is 15.4. The fraction of sp³-hybridized carbons (Fsp3) is 0.0556. The second kappa shape index (κ2) is 19.1. The first-order valence-corrected chi connectivity index (χ1v) is 26.3. The minimum atomic E-state index is -0.289. The Hall–Kier alpha value is -9.94. The van der Waals surface area contributed by atoms with Crippen LogP contribution in [-0.4, -0.2) is 6.71 Å². The van der Waals surface area contributed by atoms with Crippen LogP contribution in [0.3, 0.4) is 0 Å². The Morgan fingerprint density at radius 3 is 1.17 bits per heavy atom. The van der Waals surface area contributed by atoms with Gasteiger partial charge in [-0.05, 0) is 114 Å². The van der Waals surface area contributed by atoms with Crippen molar-refractivity contribution in [1.29, 1.82) is 5.26 Å². The lowest BCUT2D eigenvalue weighted by Gasteiger charge is -2.46. The highest BCUT2D eigenvalue weighted by atomic mass is 15.2. The first-order chi connectivity index (χ1) is 37.7. The topological polar surface area (TPSA) is 34.6 Å². The SMILES string of the molecule is [C-]#[N+]c1cccc(-c2ccc3c(c2)N(c2c(-c4ccccc4)cccc2-c2ccccc2)c2cc(C(C)(C)C)cc4c2B3c2ccc(-c3cccc(C#N)c3)cc2N4c2c(-c3ccccc3)cccc2-c2ccccc2)c1. The van der Waals surface area contributed by atoms with Gasteiger partial charge in [0.05, 0.1) is 29.6 Å². The molecule has 0 saturated carbocycles. The lowest BCUT2D eigenvalue weighted by molar-refractivity contribution is 0.590. The summed E-state index contributed by atoms with van der Waals surface area (Å²) >= 11 is 0. The molecule has 0 bridgehead atoms. The lowest BCUT2D eigenvalue weighted by atomic mass is 9.33. The van der Waals surface area contributed by atoms with Crippen LogP contribution in [-0.2, 0) is 5.41 Å². The fourth-order valence-corrected chi connectivity index (χ4v) is 11.8. The van der Waals surface area contributed by atoms with Crippen molar-refractivity contribution in [2.24, 2.45) is 0 Å². The van der Waals surface area contributed by atoms with Crippen LogP contribution in [0.5, 0.6) is 0 Å². The van der Waals surface area contributed by atoms with Gasteiger partial charge in [0.15, 0.2) is 5.69 Å². The molecule has 0 spiro atoms. The molecule has 0 N–H and O–H groups in total. The maximum Gasteiger partial charge on any atom is 0.252 e. The summed E-state index contributed by atoms with van der Waals surface area (Å²) < 4.78 is 0. The molecule has 2 aliphatic rings. The van der Waals surface area contributed by atoms with E-state index in [4.69, 9.17) is 6.57 Å². The second-order valence-electron chi connectivity index (χ2n) is 21.1. The number of anilines is 6. The average molecular weight is 983 g/mol. The molecule has 11 aromatic carbocycles. The smallest absolute Gasteiger partial charge is 0.252 e. The van der Waals surface area contributed by atoms with E-state index in [1.165, 1.54) is 22.0 Å². The lowest BCUT2D eigenvalue weighted by Crippen LogP contribution is -2.61. The molecule has 0 amide bonds. The molecule has 362 valence electrons. The second-order valence-corrected chi connectivity index (χ2v) is 21.1. The number of fused-ring (bicyclic) bond motifs is 4. The Morgan fingerprint density at radius 2 is 0.766 bits per heavy atom. The van der Waals surface area contributed by atoms with Gasteiger partial charge in [-0.2, -0.15) is 5.26 Å². The molecule has 0 atom stereocenters. The summed E-state index contributed by atoms with van der Waals surface area (Å²) in [4.78, 5) is 9.03. The molecule has 0 saturated heterocycles. The molecule has 4 nitrogen and oxygen atoms in total. The van der Waals surface area contributed by atoms with E-state index >= 15 is 0 Å². The molecule has 0 aliphatic carbocycles. The average Bonchev–Trinajstić information content (AvgIpc) is 3.68. The highest BCUT2D eigenvalue weighted by Crippen LogP contribution is 2.54. The van der Waals surface area contributed by atoms with Gasteiger partial charge >= 0.3 is 0 Å². The molecule has 11 aromatic rings. The number of rotatable bonds is 8. The van der Waals surface area contributed by atoms with Crippen molar-refractivity contribution in [1.82, 2.24) is 0 Å². The Bertz CT molecular complexity index is 3790. The number of para-hydroxylation sites is 2. The Balaban J connectivity index is 1.21. The molecule has 13 rings (SSSR count). The number of benzene rings is 11. The summed E-state index contributed by atoms with van der Waals surface area (Å²) in [6.45, 7) is 14.8. The molecular formula is C72H51BN4. The molecule has 0 fully saturated rings. The van der Waals surface area contributed by atoms with Crippen LogP contribution in [0, 0.1) is 17.9 Å². The minimum absolute atomic E-state index is 0.206. The Labute approximate surface area is 452 Å². The molecule has 77 heavy (non-hydrogen) atoms. The van der Waals surface area contributed by atoms with Gasteiger partial charge in [-0.15, -0.1) is 0 Å². The van der Waals surface area contributed by atoms with Crippen LogP contribution in [0.25, 0.3) is 71.6 Å². The number of nitrogens with zero attached hydrogens (tertiary/aromatic N) is 4. The third-order valence-electron chi connectivity index (χ3n) is 15.4. The van der Waals surface area contributed by atoms with Crippen LogP contribution in [0.15, 0.2) is 255 Å². The van der Waals surface area contributed by atoms with Gasteiger partial charge in [0.25, 0.3) is 6.71 Å². The highest BCUT2D eigenvalue weighted by molar-refractivity contribution is 7.00. The molecule has 2 aliphatic heterocycles. The predicted octanol–water partition coefficient (Wildman–Crippen LogP) is 17.5. The van der Waals surface area contributed by atoms with Crippen LogP contribution >= 0.6 is 0 Å². The zero-order chi connectivity index (χ0) is 52.2. The van der Waals surface area contributed by atoms with E-state index < -0.39 is 0 Å². The van der Waals surface area contributed by atoms with E-state index in [9.17, 15) is 5.26 Å². The maximum absolute atomic E-state index is 10.2. The van der Waals surface area contributed by atoms with Crippen LogP contribution < -0.4 is 26.2 Å². The van der Waals surface area contributed by atoms with Crippen molar-refractivity contribution in [2.45, 2.75) is 26.2 Å². The zero-order valence-electron chi connectivity index (χ0n) is 43.1. The molecular weight excluding hydrogens is 932 g/mol. The van der Waals surface area contributed by atoms with Crippen molar-refractivity contribution >= 4 is 62.9 Å². The van der Waals surface area contributed by atoms with E-state index in [1.807, 2.05) is 36.4 Å². The molecule has 0 unspecified atom stereocenters. The van der Waals surface area contributed by atoms with Gasteiger partial charge in [-0.3, -0.25) is 0 Å². The van der Waals surface area contributed by atoms with E-state index in [0.29, 0.717) is 11.3 Å². The van der Waals surface area contributed by atoms with Gasteiger partial charge in [0, 0.05) is 45.0 Å². The van der Waals surface area contributed by atoms with Crippen molar-refractivity contribution < 1.29 is 0 Å². The van der Waals surface area contributed by atoms with Gasteiger partial charge in [0.2, 0.25) is 0 Å². The molecule has 5 heteroatoms. The summed E-state index contributed by atoms with van der Waals surface area (Å²) in [6.07, 6.45) is 0. The van der Waals surface area contributed by atoms with Crippen LogP contribution in [0.1, 0.15) is 31.9 Å². The summed E-state index contributed by atoms with van der Waals surface area (Å²) in [5.74, 6) is 0. The maximum atomic E-state index is 10.2. The summed E-state index contributed by atoms with van der Waals surface area (Å²) in [7, 11) is 0. The predicted molar refractivity (Wildman–Crippen MR) is 323 cm³/mol. The monoisotopic (exact) mass is 982 g/mol. The first-order valence-electron chi connectivity index (χ1n) is 26.3. The standard InChI is InChI=1S/C72H51BN4/c1-72(2,3)57-45-67-69-68(46-57)77(71-61(51-26-13-7-14-27-51)35-20-36-62(71)52-28-15-8-16-29-52)66-44-56(54-31-18-32-58(42-54)75-4)38-40-64(66)73(69)63-39-37-55(53-30-17-21-48(41-53)47-74)43-65(63)76(67)70-59(49-22-9-5-10-23-49)33-19-34-60(70)50-24-11-6-12-25-50/h5-46H,1-3H3. The normalized spacial score (nSPS) is 12.2. The van der Waals surface area contributed by atoms with E-state index in [1.54, 1.807) is 0 Å². The highest BCUT2D eigenvalue weighted by Gasteiger charge is 2.46. The largest absolute Gasteiger partial charge is 0.310 e. The summed E-state index contributed by atoms with van der Waals surface area (Å²) in [5, 5.41) is 10.2. The molecule has 0 radical (unpaired) electrons. The quantitative estimate of drug-likeness (QED) is 0.112.